The van der Waals surface area contributed by atoms with E-state index in [2.05, 4.69) is 5.32 Å². The van der Waals surface area contributed by atoms with Crippen LogP contribution in [-0.4, -0.2) is 31.4 Å². The number of rotatable bonds is 6. The largest absolute Gasteiger partial charge is 0.383 e. The molecule has 0 saturated heterocycles. The van der Waals surface area contributed by atoms with Crippen LogP contribution in [0.3, 0.4) is 0 Å². The first kappa shape index (κ1) is 18.1. The Morgan fingerprint density at radius 2 is 1.71 bits per heavy atom. The standard InChI is InChI=1S/C17H18FNO4S/c1-12-2-8-15(9-3-12)24(22,23)11-19-17(21)16(20)10-13-4-6-14(18)7-5-13/h2-9,16,20H,10-11H2,1H3,(H,19,21). The Bertz CT molecular complexity index is 801. The van der Waals surface area contributed by atoms with Gasteiger partial charge < -0.3 is 10.4 Å². The minimum Gasteiger partial charge on any atom is -0.383 e. The number of carbonyl (C=O) groups is 1. The number of aliphatic hydroxyl groups is 1. The molecular weight excluding hydrogens is 333 g/mol. The first-order chi connectivity index (χ1) is 11.3. The highest BCUT2D eigenvalue weighted by Gasteiger charge is 2.20. The van der Waals surface area contributed by atoms with Crippen LogP contribution in [-0.2, 0) is 21.1 Å². The van der Waals surface area contributed by atoms with Crippen molar-refractivity contribution in [2.75, 3.05) is 5.88 Å². The van der Waals surface area contributed by atoms with Crippen LogP contribution >= 0.6 is 0 Å². The van der Waals surface area contributed by atoms with E-state index in [4.69, 9.17) is 0 Å². The molecule has 0 aromatic heterocycles. The van der Waals surface area contributed by atoms with Crippen molar-refractivity contribution < 1.29 is 22.7 Å². The zero-order valence-electron chi connectivity index (χ0n) is 13.1. The minimum atomic E-state index is -3.68. The van der Waals surface area contributed by atoms with Crippen molar-refractivity contribution in [3.8, 4) is 0 Å². The topological polar surface area (TPSA) is 83.5 Å². The third-order valence-corrected chi connectivity index (χ3v) is 4.98. The molecule has 7 heteroatoms. The second kappa shape index (κ2) is 7.55. The molecule has 24 heavy (non-hydrogen) atoms. The quantitative estimate of drug-likeness (QED) is 0.828. The Balaban J connectivity index is 1.94. The summed E-state index contributed by atoms with van der Waals surface area (Å²) in [5, 5.41) is 12.1. The van der Waals surface area contributed by atoms with Crippen LogP contribution < -0.4 is 5.32 Å². The molecule has 1 atom stereocenters. The third kappa shape index (κ3) is 4.87. The van der Waals surface area contributed by atoms with Crippen LogP contribution in [0.4, 0.5) is 4.39 Å². The highest BCUT2D eigenvalue weighted by Crippen LogP contribution is 2.11. The average molecular weight is 351 g/mol. The number of nitrogens with one attached hydrogen (secondary N) is 1. The van der Waals surface area contributed by atoms with Gasteiger partial charge in [0.2, 0.25) is 5.91 Å². The van der Waals surface area contributed by atoms with Gasteiger partial charge in [-0.3, -0.25) is 4.79 Å². The monoisotopic (exact) mass is 351 g/mol. The molecule has 0 spiro atoms. The SMILES string of the molecule is Cc1ccc(S(=O)(=O)CNC(=O)C(O)Cc2ccc(F)cc2)cc1. The summed E-state index contributed by atoms with van der Waals surface area (Å²) < 4.78 is 37.1. The van der Waals surface area contributed by atoms with E-state index in [0.717, 1.165) is 5.56 Å². The molecular formula is C17H18FNO4S. The van der Waals surface area contributed by atoms with Crippen LogP contribution in [0.2, 0.25) is 0 Å². The van der Waals surface area contributed by atoms with Gasteiger partial charge in [0, 0.05) is 6.42 Å². The minimum absolute atomic E-state index is 0.0311. The lowest BCUT2D eigenvalue weighted by Crippen LogP contribution is -2.38. The summed E-state index contributed by atoms with van der Waals surface area (Å²) in [5.74, 6) is -1.81. The van der Waals surface area contributed by atoms with Gasteiger partial charge in [-0.05, 0) is 36.8 Å². The Kier molecular flexibility index (Phi) is 5.69. The van der Waals surface area contributed by atoms with Gasteiger partial charge >= 0.3 is 0 Å². The molecule has 1 unspecified atom stereocenters. The molecule has 0 bridgehead atoms. The van der Waals surface area contributed by atoms with E-state index in [1.54, 1.807) is 12.1 Å². The van der Waals surface area contributed by atoms with Gasteiger partial charge in [0.05, 0.1) is 4.90 Å². The number of hydrogen-bond donors (Lipinski definition) is 2. The van der Waals surface area contributed by atoms with Crippen LogP contribution in [0.1, 0.15) is 11.1 Å². The van der Waals surface area contributed by atoms with E-state index in [1.807, 2.05) is 6.92 Å². The predicted octanol–water partition coefficient (Wildman–Crippen LogP) is 1.59. The van der Waals surface area contributed by atoms with Gasteiger partial charge in [0.15, 0.2) is 9.84 Å². The predicted molar refractivity (Wildman–Crippen MR) is 87.5 cm³/mol. The summed E-state index contributed by atoms with van der Waals surface area (Å²) in [4.78, 5) is 11.9. The molecule has 0 heterocycles. The summed E-state index contributed by atoms with van der Waals surface area (Å²) in [6.45, 7) is 1.84. The molecule has 0 aliphatic rings. The van der Waals surface area contributed by atoms with Crippen LogP contribution in [0.5, 0.6) is 0 Å². The van der Waals surface area contributed by atoms with E-state index in [9.17, 15) is 22.7 Å². The molecule has 0 fully saturated rings. The number of hydrogen-bond acceptors (Lipinski definition) is 4. The lowest BCUT2D eigenvalue weighted by molar-refractivity contribution is -0.128. The third-order valence-electron chi connectivity index (χ3n) is 3.46. The molecule has 2 aromatic carbocycles. The van der Waals surface area contributed by atoms with Crippen molar-refractivity contribution in [1.29, 1.82) is 0 Å². The second-order valence-corrected chi connectivity index (χ2v) is 7.45. The molecule has 2 rings (SSSR count). The van der Waals surface area contributed by atoms with Gasteiger partial charge in [-0.1, -0.05) is 29.8 Å². The van der Waals surface area contributed by atoms with Crippen molar-refractivity contribution in [2.45, 2.75) is 24.3 Å². The number of sulfone groups is 1. The fraction of sp³-hybridized carbons (Fsp3) is 0.235. The van der Waals surface area contributed by atoms with Gasteiger partial charge in [-0.25, -0.2) is 12.8 Å². The molecule has 0 aliphatic heterocycles. The van der Waals surface area contributed by atoms with E-state index >= 15 is 0 Å². The highest BCUT2D eigenvalue weighted by atomic mass is 32.2. The van der Waals surface area contributed by atoms with Crippen molar-refractivity contribution in [1.82, 2.24) is 5.32 Å². The highest BCUT2D eigenvalue weighted by molar-refractivity contribution is 7.91. The van der Waals surface area contributed by atoms with Gasteiger partial charge in [0.25, 0.3) is 0 Å². The van der Waals surface area contributed by atoms with E-state index < -0.39 is 33.5 Å². The zero-order valence-corrected chi connectivity index (χ0v) is 13.9. The van der Waals surface area contributed by atoms with Gasteiger partial charge in [0.1, 0.15) is 17.8 Å². The van der Waals surface area contributed by atoms with Crippen molar-refractivity contribution in [3.63, 3.8) is 0 Å². The fourth-order valence-corrected chi connectivity index (χ4v) is 3.10. The molecule has 2 aromatic rings. The summed E-state index contributed by atoms with van der Waals surface area (Å²) in [6.07, 6.45) is -1.44. The van der Waals surface area contributed by atoms with Gasteiger partial charge in [-0.15, -0.1) is 0 Å². The van der Waals surface area contributed by atoms with Crippen molar-refractivity contribution >= 4 is 15.7 Å². The second-order valence-electron chi connectivity index (χ2n) is 5.46. The Morgan fingerprint density at radius 1 is 1.12 bits per heavy atom. The van der Waals surface area contributed by atoms with E-state index in [1.165, 1.54) is 36.4 Å². The normalized spacial score (nSPS) is 12.6. The summed E-state index contributed by atoms with van der Waals surface area (Å²) in [7, 11) is -3.68. The lowest BCUT2D eigenvalue weighted by atomic mass is 10.1. The Hall–Kier alpha value is -2.25. The van der Waals surface area contributed by atoms with Crippen LogP contribution in [0.25, 0.3) is 0 Å². The van der Waals surface area contributed by atoms with Crippen LogP contribution in [0.15, 0.2) is 53.4 Å². The first-order valence-corrected chi connectivity index (χ1v) is 8.93. The Labute approximate surface area is 140 Å². The molecule has 0 aliphatic carbocycles. The molecule has 0 radical (unpaired) electrons. The van der Waals surface area contributed by atoms with Crippen molar-refractivity contribution in [3.05, 3.63) is 65.5 Å². The summed E-state index contributed by atoms with van der Waals surface area (Å²) in [6, 6.07) is 11.6. The van der Waals surface area contributed by atoms with Gasteiger partial charge in [-0.2, -0.15) is 0 Å². The molecule has 1 amide bonds. The summed E-state index contributed by atoms with van der Waals surface area (Å²) in [5.41, 5.74) is 1.49. The maximum Gasteiger partial charge on any atom is 0.250 e. The molecule has 2 N–H and O–H groups in total. The molecule has 128 valence electrons. The molecule has 0 saturated carbocycles. The fourth-order valence-electron chi connectivity index (χ4n) is 2.05. The zero-order chi connectivity index (χ0) is 17.7. The van der Waals surface area contributed by atoms with E-state index in [0.29, 0.717) is 5.56 Å². The van der Waals surface area contributed by atoms with Crippen LogP contribution in [0, 0.1) is 12.7 Å². The maximum atomic E-state index is 12.8. The number of benzene rings is 2. The summed E-state index contributed by atoms with van der Waals surface area (Å²) >= 11 is 0. The smallest absolute Gasteiger partial charge is 0.250 e. The van der Waals surface area contributed by atoms with Crippen molar-refractivity contribution in [2.24, 2.45) is 0 Å². The number of aliphatic hydroxyl groups excluding tert-OH is 1. The average Bonchev–Trinajstić information content (AvgIpc) is 2.55. The number of carbonyl (C=O) groups excluding carboxylic acids is 1. The number of amides is 1. The maximum absolute atomic E-state index is 12.8. The molecule has 5 nitrogen and oxygen atoms in total. The lowest BCUT2D eigenvalue weighted by Gasteiger charge is -2.12. The number of aryl methyl sites for hydroxylation is 1. The number of halogens is 1. The Morgan fingerprint density at radius 3 is 2.29 bits per heavy atom. The first-order valence-electron chi connectivity index (χ1n) is 7.27. The van der Waals surface area contributed by atoms with E-state index in [-0.39, 0.29) is 11.3 Å².